The van der Waals surface area contributed by atoms with Gasteiger partial charge in [-0.1, -0.05) is 6.07 Å². The molecule has 0 atom stereocenters. The molecule has 0 amide bonds. The highest BCUT2D eigenvalue weighted by Gasteiger charge is 2.11. The topological polar surface area (TPSA) is 81.5 Å². The van der Waals surface area contributed by atoms with Gasteiger partial charge in [0.25, 0.3) is 5.56 Å². The van der Waals surface area contributed by atoms with E-state index in [0.29, 0.717) is 33.9 Å². The van der Waals surface area contributed by atoms with Crippen LogP contribution in [-0.2, 0) is 0 Å². The lowest BCUT2D eigenvalue weighted by Crippen LogP contribution is -2.20. The molecule has 0 bridgehead atoms. The average Bonchev–Trinajstić information content (AvgIpc) is 3.25. The second kappa shape index (κ2) is 6.45. The maximum absolute atomic E-state index is 12.1. The highest BCUT2D eigenvalue weighted by atomic mass is 32.1. The van der Waals surface area contributed by atoms with E-state index in [9.17, 15) is 9.59 Å². The number of ether oxygens (including phenoxy) is 2. The van der Waals surface area contributed by atoms with E-state index in [-0.39, 0.29) is 17.1 Å². The van der Waals surface area contributed by atoms with Crippen LogP contribution >= 0.6 is 11.3 Å². The van der Waals surface area contributed by atoms with Crippen molar-refractivity contribution < 1.29 is 18.7 Å². The minimum atomic E-state index is -0.298. The summed E-state index contributed by atoms with van der Waals surface area (Å²) >= 11 is 1.20. The van der Waals surface area contributed by atoms with Gasteiger partial charge in [-0.3, -0.25) is 9.59 Å². The van der Waals surface area contributed by atoms with Gasteiger partial charge in [0.2, 0.25) is 5.78 Å². The van der Waals surface area contributed by atoms with Crippen molar-refractivity contribution in [3.05, 3.63) is 67.5 Å². The van der Waals surface area contributed by atoms with E-state index in [2.05, 4.69) is 4.98 Å². The Labute approximate surface area is 145 Å². The summed E-state index contributed by atoms with van der Waals surface area (Å²) in [5, 5.41) is 0. The van der Waals surface area contributed by atoms with Gasteiger partial charge in [0.05, 0.1) is 15.5 Å². The smallest absolute Gasteiger partial charge is 0.266 e. The van der Waals surface area contributed by atoms with Crippen molar-refractivity contribution in [2.24, 2.45) is 0 Å². The van der Waals surface area contributed by atoms with Crippen molar-refractivity contribution in [1.29, 1.82) is 0 Å². The summed E-state index contributed by atoms with van der Waals surface area (Å²) in [4.78, 5) is 26.8. The maximum atomic E-state index is 12.1. The van der Waals surface area contributed by atoms with Crippen molar-refractivity contribution in [3.8, 4) is 11.5 Å². The van der Waals surface area contributed by atoms with Crippen molar-refractivity contribution in [2.75, 3.05) is 13.2 Å². The van der Waals surface area contributed by atoms with E-state index >= 15 is 0 Å². The first kappa shape index (κ1) is 15.5. The Hall–Kier alpha value is -3.06. The Morgan fingerprint density at radius 2 is 2.00 bits per heavy atom. The molecule has 0 aliphatic carbocycles. The number of carbonyl (C=O) groups is 1. The largest absolute Gasteiger partial charge is 0.486 e. The summed E-state index contributed by atoms with van der Waals surface area (Å²) in [7, 11) is 0. The first-order valence-electron chi connectivity index (χ1n) is 7.59. The Kier molecular flexibility index (Phi) is 3.99. The monoisotopic (exact) mass is 355 g/mol. The Bertz CT molecular complexity index is 1090. The molecule has 0 spiro atoms. The number of H-pyrrole nitrogens is 1. The van der Waals surface area contributed by atoms with Gasteiger partial charge in [0.15, 0.2) is 17.3 Å². The molecule has 2 aromatic heterocycles. The molecular weight excluding hydrogens is 342 g/mol. The number of furan rings is 1. The van der Waals surface area contributed by atoms with Crippen LogP contribution in [0.25, 0.3) is 12.2 Å². The third-order valence-electron chi connectivity index (χ3n) is 3.57. The lowest BCUT2D eigenvalue weighted by atomic mass is 10.2. The van der Waals surface area contributed by atoms with Crippen LogP contribution in [0.2, 0.25) is 0 Å². The molecular formula is C18H13NO5S. The number of hydrogen-bond donors (Lipinski definition) is 1. The van der Waals surface area contributed by atoms with Crippen molar-refractivity contribution in [3.63, 3.8) is 0 Å². The van der Waals surface area contributed by atoms with Crippen LogP contribution in [0.5, 0.6) is 11.5 Å². The fourth-order valence-corrected chi connectivity index (χ4v) is 3.32. The highest BCUT2D eigenvalue weighted by Crippen LogP contribution is 2.30. The van der Waals surface area contributed by atoms with Crippen LogP contribution in [-0.4, -0.2) is 24.0 Å². The number of carbonyl (C=O) groups excluding carboxylic acids is 1. The second-order valence-electron chi connectivity index (χ2n) is 5.32. The standard InChI is InChI=1S/C18H13NO5S/c20-12(13-2-1-5-22-13)10-17-19-18(21)16(25-17)9-11-3-4-14-15(8-11)24-7-6-23-14/h1-5,8-10H,6-7H2,(H,19,21)/b16-9+,17-10+. The molecule has 0 saturated heterocycles. The second-order valence-corrected chi connectivity index (χ2v) is 6.40. The molecule has 7 heteroatoms. The molecule has 0 unspecified atom stereocenters. The molecule has 0 fully saturated rings. The van der Waals surface area contributed by atoms with Crippen LogP contribution in [0.15, 0.2) is 45.8 Å². The van der Waals surface area contributed by atoms with Gasteiger partial charge >= 0.3 is 0 Å². The lowest BCUT2D eigenvalue weighted by molar-refractivity contribution is 0.103. The number of rotatable bonds is 3. The van der Waals surface area contributed by atoms with Gasteiger partial charge in [0, 0.05) is 6.08 Å². The van der Waals surface area contributed by atoms with Gasteiger partial charge in [0.1, 0.15) is 13.2 Å². The number of nitrogens with one attached hydrogen (secondary N) is 1. The number of aromatic amines is 1. The molecule has 25 heavy (non-hydrogen) atoms. The third kappa shape index (κ3) is 3.27. The molecule has 4 rings (SSSR count). The molecule has 1 aromatic carbocycles. The molecule has 0 saturated carbocycles. The normalized spacial score (nSPS) is 14.7. The van der Waals surface area contributed by atoms with E-state index in [1.165, 1.54) is 23.7 Å². The summed E-state index contributed by atoms with van der Waals surface area (Å²) in [5.41, 5.74) is 0.568. The molecule has 1 aliphatic rings. The number of benzene rings is 1. The first-order chi connectivity index (χ1) is 12.2. The molecule has 3 heterocycles. The quantitative estimate of drug-likeness (QED) is 0.716. The Morgan fingerprint density at radius 3 is 2.80 bits per heavy atom. The zero-order valence-corrected chi connectivity index (χ0v) is 13.8. The van der Waals surface area contributed by atoms with Crippen LogP contribution in [0.4, 0.5) is 0 Å². The average molecular weight is 355 g/mol. The number of thiazole rings is 1. The summed E-state index contributed by atoms with van der Waals surface area (Å²) in [5.74, 6) is 1.29. The minimum absolute atomic E-state index is 0.228. The van der Waals surface area contributed by atoms with Crippen LogP contribution < -0.4 is 24.2 Å². The Balaban J connectivity index is 1.70. The predicted molar refractivity (Wildman–Crippen MR) is 92.7 cm³/mol. The first-order valence-corrected chi connectivity index (χ1v) is 8.41. The van der Waals surface area contributed by atoms with Gasteiger partial charge < -0.3 is 18.9 Å². The van der Waals surface area contributed by atoms with Crippen LogP contribution in [0, 0.1) is 0 Å². The van der Waals surface area contributed by atoms with Crippen molar-refractivity contribution in [1.82, 2.24) is 4.98 Å². The van der Waals surface area contributed by atoms with Gasteiger partial charge in [-0.25, -0.2) is 0 Å². The van der Waals surface area contributed by atoms with Crippen LogP contribution in [0.3, 0.4) is 0 Å². The fourth-order valence-electron chi connectivity index (χ4n) is 2.43. The van der Waals surface area contributed by atoms with Gasteiger partial charge in [-0.05, 0) is 35.9 Å². The summed E-state index contributed by atoms with van der Waals surface area (Å²) in [6, 6.07) is 8.71. The van der Waals surface area contributed by atoms with Crippen LogP contribution in [0.1, 0.15) is 16.1 Å². The zero-order chi connectivity index (χ0) is 17.2. The molecule has 1 aliphatic heterocycles. The predicted octanol–water partition coefficient (Wildman–Crippen LogP) is 1.29. The fraction of sp³-hybridized carbons (Fsp3) is 0.111. The van der Waals surface area contributed by atoms with Crippen molar-refractivity contribution in [2.45, 2.75) is 0 Å². The summed E-state index contributed by atoms with van der Waals surface area (Å²) < 4.78 is 17.0. The number of aromatic nitrogens is 1. The van der Waals surface area contributed by atoms with E-state index in [0.717, 1.165) is 5.56 Å². The third-order valence-corrected chi connectivity index (χ3v) is 4.53. The number of hydrogen-bond acceptors (Lipinski definition) is 6. The zero-order valence-electron chi connectivity index (χ0n) is 13.0. The van der Waals surface area contributed by atoms with E-state index < -0.39 is 0 Å². The Morgan fingerprint density at radius 1 is 1.16 bits per heavy atom. The summed E-state index contributed by atoms with van der Waals surface area (Å²) in [6.45, 7) is 1.04. The number of ketones is 1. The van der Waals surface area contributed by atoms with E-state index in [1.54, 1.807) is 18.2 Å². The maximum Gasteiger partial charge on any atom is 0.266 e. The lowest BCUT2D eigenvalue weighted by Gasteiger charge is -2.18. The molecule has 0 radical (unpaired) electrons. The van der Waals surface area contributed by atoms with E-state index in [4.69, 9.17) is 13.9 Å². The SMILES string of the molecule is O=C(/C=c1\[nH]c(=O)/c(=C\c2ccc3c(c2)OCCO3)s1)c1ccco1. The molecule has 3 aromatic rings. The number of Topliss-reactive ketones (excluding diaryl/α,β-unsaturated/α-hetero) is 1. The molecule has 126 valence electrons. The number of fused-ring (bicyclic) bond motifs is 1. The minimum Gasteiger partial charge on any atom is -0.486 e. The van der Waals surface area contributed by atoms with Gasteiger partial charge in [-0.15, -0.1) is 11.3 Å². The van der Waals surface area contributed by atoms with Gasteiger partial charge in [-0.2, -0.15) is 0 Å². The highest BCUT2D eigenvalue weighted by molar-refractivity contribution is 7.07. The molecule has 6 nitrogen and oxygen atoms in total. The molecule has 1 N–H and O–H groups in total. The summed E-state index contributed by atoms with van der Waals surface area (Å²) in [6.07, 6.45) is 4.53. The van der Waals surface area contributed by atoms with E-state index in [1.807, 2.05) is 18.2 Å². The van der Waals surface area contributed by atoms with Crippen molar-refractivity contribution >= 4 is 29.3 Å².